The molecule has 1 atom stereocenters. The fourth-order valence-corrected chi connectivity index (χ4v) is 1.48. The van der Waals surface area contributed by atoms with Crippen LogP contribution in [0.15, 0.2) is 30.3 Å². The van der Waals surface area contributed by atoms with E-state index >= 15 is 0 Å². The fraction of sp³-hybridized carbons (Fsp3) is 0.250. The zero-order valence-corrected chi connectivity index (χ0v) is 9.04. The van der Waals surface area contributed by atoms with Crippen LogP contribution in [0.5, 0.6) is 0 Å². The van der Waals surface area contributed by atoms with Gasteiger partial charge >= 0.3 is 0 Å². The molecule has 1 aromatic rings. The van der Waals surface area contributed by atoms with Crippen LogP contribution in [0.1, 0.15) is 5.56 Å². The number of aliphatic hydroxyl groups excluding tert-OH is 1. The molecule has 90 valence electrons. The van der Waals surface area contributed by atoms with Gasteiger partial charge in [-0.2, -0.15) is 0 Å². The van der Waals surface area contributed by atoms with Crippen LogP contribution < -0.4 is 0 Å². The van der Waals surface area contributed by atoms with E-state index in [4.69, 9.17) is 4.84 Å². The molecule has 4 nitrogen and oxygen atoms in total. The van der Waals surface area contributed by atoms with Crippen molar-refractivity contribution in [3.05, 3.63) is 41.7 Å². The molecular weight excluding hydrogens is 225 g/mol. The number of aliphatic hydroxyl groups is 1. The van der Waals surface area contributed by atoms with Gasteiger partial charge in [0.2, 0.25) is 0 Å². The average Bonchev–Trinajstić information content (AvgIpc) is 2.74. The molecule has 1 amide bonds. The van der Waals surface area contributed by atoms with Gasteiger partial charge < -0.3 is 5.11 Å². The number of benzene rings is 1. The second kappa shape index (κ2) is 5.07. The van der Waals surface area contributed by atoms with Crippen LogP contribution in [-0.4, -0.2) is 35.3 Å². The molecule has 0 aliphatic carbocycles. The molecule has 1 unspecified atom stereocenters. The number of β-amino-alcohol motifs (C(OH)–C–C–N with tert-alkyl or cyclic N) is 1. The molecule has 0 saturated carbocycles. The minimum atomic E-state index is -0.652. The highest BCUT2D eigenvalue weighted by Gasteiger charge is 2.24. The van der Waals surface area contributed by atoms with E-state index in [-0.39, 0.29) is 19.0 Å². The van der Waals surface area contributed by atoms with E-state index in [0.717, 1.165) is 5.06 Å². The van der Waals surface area contributed by atoms with Gasteiger partial charge in [0, 0.05) is 11.6 Å². The molecule has 2 rings (SSSR count). The van der Waals surface area contributed by atoms with Gasteiger partial charge in [0.1, 0.15) is 18.5 Å². The molecule has 1 aromatic carbocycles. The number of carbonyl (C=O) groups excluding carboxylic acids is 1. The van der Waals surface area contributed by atoms with Crippen LogP contribution in [0.2, 0.25) is 0 Å². The average molecular weight is 237 g/mol. The van der Waals surface area contributed by atoms with Crippen LogP contribution in [-0.2, 0) is 9.63 Å². The first-order valence-corrected chi connectivity index (χ1v) is 5.22. The van der Waals surface area contributed by atoms with E-state index in [9.17, 15) is 14.3 Å². The molecule has 1 fully saturated rings. The number of hydroxylamine groups is 2. The number of hydrogen-bond acceptors (Lipinski definition) is 3. The summed E-state index contributed by atoms with van der Waals surface area (Å²) in [5, 5.41) is 10.2. The lowest BCUT2D eigenvalue weighted by Crippen LogP contribution is -2.26. The number of nitrogens with zero attached hydrogens (tertiary/aromatic N) is 1. The topological polar surface area (TPSA) is 49.8 Å². The predicted molar refractivity (Wildman–Crippen MR) is 59.1 cm³/mol. The summed E-state index contributed by atoms with van der Waals surface area (Å²) in [6.45, 7) is 0.250. The summed E-state index contributed by atoms with van der Waals surface area (Å²) < 4.78 is 13.2. The summed E-state index contributed by atoms with van der Waals surface area (Å²) in [5.74, 6) is -0.802. The summed E-state index contributed by atoms with van der Waals surface area (Å²) >= 11 is 0. The summed E-state index contributed by atoms with van der Waals surface area (Å²) in [7, 11) is 0. The van der Waals surface area contributed by atoms with Gasteiger partial charge in [0.15, 0.2) is 0 Å². The highest BCUT2D eigenvalue weighted by atomic mass is 19.1. The molecule has 0 radical (unpaired) electrons. The predicted octanol–water partition coefficient (Wildman–Crippen LogP) is 0.974. The highest BCUT2D eigenvalue weighted by Crippen LogP contribution is 2.10. The van der Waals surface area contributed by atoms with Crippen molar-refractivity contribution >= 4 is 12.0 Å². The van der Waals surface area contributed by atoms with Gasteiger partial charge in [-0.05, 0) is 12.1 Å². The van der Waals surface area contributed by atoms with E-state index in [1.807, 2.05) is 0 Å². The molecule has 0 bridgehead atoms. The Bertz CT molecular complexity index is 447. The maximum absolute atomic E-state index is 13.2. The van der Waals surface area contributed by atoms with E-state index in [2.05, 4.69) is 0 Å². The Balaban J connectivity index is 2.01. The number of carbonyl (C=O) groups is 1. The lowest BCUT2D eigenvalue weighted by molar-refractivity contribution is -0.162. The lowest BCUT2D eigenvalue weighted by atomic mass is 10.2. The third-order valence-corrected chi connectivity index (χ3v) is 2.36. The van der Waals surface area contributed by atoms with Gasteiger partial charge in [-0.3, -0.25) is 9.63 Å². The zero-order chi connectivity index (χ0) is 12.3. The standard InChI is InChI=1S/C12H12FNO3/c13-11-4-2-1-3-9(11)5-6-12(16)14-7-10(15)8-17-14/h1-6,10,15H,7-8H2/b6-5+. The van der Waals surface area contributed by atoms with Crippen molar-refractivity contribution in [1.29, 1.82) is 0 Å². The van der Waals surface area contributed by atoms with E-state index in [0.29, 0.717) is 5.56 Å². The van der Waals surface area contributed by atoms with E-state index in [1.54, 1.807) is 18.2 Å². The van der Waals surface area contributed by atoms with Crippen molar-refractivity contribution in [2.45, 2.75) is 6.10 Å². The van der Waals surface area contributed by atoms with Crippen molar-refractivity contribution in [2.24, 2.45) is 0 Å². The molecule has 1 saturated heterocycles. The second-order valence-corrected chi connectivity index (χ2v) is 3.70. The third-order valence-electron chi connectivity index (χ3n) is 2.36. The summed E-state index contributed by atoms with van der Waals surface area (Å²) in [4.78, 5) is 16.5. The SMILES string of the molecule is O=C(/C=C/c1ccccc1F)N1CC(O)CO1. The first-order valence-electron chi connectivity index (χ1n) is 5.22. The molecule has 1 N–H and O–H groups in total. The van der Waals surface area contributed by atoms with Crippen LogP contribution in [0.4, 0.5) is 4.39 Å². The molecule has 1 aliphatic rings. The normalized spacial score (nSPS) is 20.1. The summed E-state index contributed by atoms with van der Waals surface area (Å²) in [6.07, 6.45) is 1.95. The smallest absolute Gasteiger partial charge is 0.270 e. The molecule has 0 aromatic heterocycles. The molecule has 17 heavy (non-hydrogen) atoms. The monoisotopic (exact) mass is 237 g/mol. The summed E-state index contributed by atoms with van der Waals surface area (Å²) in [6, 6.07) is 6.15. The quantitative estimate of drug-likeness (QED) is 0.780. The number of hydrogen-bond donors (Lipinski definition) is 1. The maximum atomic E-state index is 13.2. The Labute approximate surface area is 97.9 Å². The minimum Gasteiger partial charge on any atom is -0.389 e. The fourth-order valence-electron chi connectivity index (χ4n) is 1.48. The zero-order valence-electron chi connectivity index (χ0n) is 9.04. The first kappa shape index (κ1) is 11.8. The van der Waals surface area contributed by atoms with Crippen molar-refractivity contribution < 1.29 is 19.1 Å². The number of amides is 1. The van der Waals surface area contributed by atoms with Crippen LogP contribution in [0, 0.1) is 5.82 Å². The van der Waals surface area contributed by atoms with Gasteiger partial charge in [-0.25, -0.2) is 9.45 Å². The largest absolute Gasteiger partial charge is 0.389 e. The Morgan fingerprint density at radius 2 is 2.29 bits per heavy atom. The third kappa shape index (κ3) is 2.89. The Morgan fingerprint density at radius 1 is 1.53 bits per heavy atom. The van der Waals surface area contributed by atoms with Crippen molar-refractivity contribution in [1.82, 2.24) is 5.06 Å². The maximum Gasteiger partial charge on any atom is 0.270 e. The molecule has 1 heterocycles. The van der Waals surface area contributed by atoms with Gasteiger partial charge in [0.05, 0.1) is 6.54 Å². The highest BCUT2D eigenvalue weighted by molar-refractivity contribution is 5.91. The van der Waals surface area contributed by atoms with Crippen LogP contribution in [0.25, 0.3) is 6.08 Å². The van der Waals surface area contributed by atoms with Crippen molar-refractivity contribution in [2.75, 3.05) is 13.2 Å². The minimum absolute atomic E-state index is 0.110. The van der Waals surface area contributed by atoms with Crippen molar-refractivity contribution in [3.63, 3.8) is 0 Å². The molecule has 0 spiro atoms. The van der Waals surface area contributed by atoms with Crippen LogP contribution >= 0.6 is 0 Å². The second-order valence-electron chi connectivity index (χ2n) is 3.70. The van der Waals surface area contributed by atoms with Crippen LogP contribution in [0.3, 0.4) is 0 Å². The van der Waals surface area contributed by atoms with Gasteiger partial charge in [-0.1, -0.05) is 18.2 Å². The van der Waals surface area contributed by atoms with Crippen molar-refractivity contribution in [3.8, 4) is 0 Å². The number of rotatable bonds is 2. The Hall–Kier alpha value is -1.72. The van der Waals surface area contributed by atoms with E-state index < -0.39 is 12.0 Å². The Kier molecular flexibility index (Phi) is 3.51. The first-order chi connectivity index (χ1) is 8.16. The lowest BCUT2D eigenvalue weighted by Gasteiger charge is -2.10. The van der Waals surface area contributed by atoms with Gasteiger partial charge in [0.25, 0.3) is 5.91 Å². The molecule has 1 aliphatic heterocycles. The number of halogens is 1. The van der Waals surface area contributed by atoms with Gasteiger partial charge in [-0.15, -0.1) is 0 Å². The molecule has 5 heteroatoms. The Morgan fingerprint density at radius 3 is 2.94 bits per heavy atom. The molecular formula is C12H12FNO3. The summed E-state index contributed by atoms with van der Waals surface area (Å²) in [5.41, 5.74) is 0.334. The van der Waals surface area contributed by atoms with E-state index in [1.165, 1.54) is 18.2 Å².